The Morgan fingerprint density at radius 1 is 1.42 bits per heavy atom. The van der Waals surface area contributed by atoms with Gasteiger partial charge in [0.1, 0.15) is 4.60 Å². The van der Waals surface area contributed by atoms with Gasteiger partial charge in [-0.1, -0.05) is 6.08 Å². The van der Waals surface area contributed by atoms with Crippen molar-refractivity contribution < 1.29 is 0 Å². The summed E-state index contributed by atoms with van der Waals surface area (Å²) in [5, 5.41) is 0. The number of nitrogens with zero attached hydrogens (tertiary/aromatic N) is 2. The van der Waals surface area contributed by atoms with Crippen molar-refractivity contribution >= 4 is 34.6 Å². The predicted octanol–water partition coefficient (Wildman–Crippen LogP) is 2.57. The molecule has 0 fully saturated rings. The van der Waals surface area contributed by atoms with Crippen molar-refractivity contribution in [1.29, 1.82) is 0 Å². The van der Waals surface area contributed by atoms with Gasteiger partial charge in [-0.05, 0) is 34.2 Å². The number of aromatic nitrogens is 2. The average Bonchev–Trinajstić information content (AvgIpc) is 2.09. The molecular formula is C8H9BrN2S. The Morgan fingerprint density at radius 3 is 2.83 bits per heavy atom. The first-order chi connectivity index (χ1) is 5.83. The van der Waals surface area contributed by atoms with Crippen LogP contribution in [0.2, 0.25) is 0 Å². The molecule has 0 saturated heterocycles. The van der Waals surface area contributed by atoms with Gasteiger partial charge in [-0.15, -0.1) is 0 Å². The van der Waals surface area contributed by atoms with E-state index in [-0.39, 0.29) is 0 Å². The Bertz CT molecular complexity index is 258. The van der Waals surface area contributed by atoms with Gasteiger partial charge in [-0.25, -0.2) is 4.98 Å². The molecule has 0 aromatic carbocycles. The van der Waals surface area contributed by atoms with Gasteiger partial charge < -0.3 is 0 Å². The lowest BCUT2D eigenvalue weighted by Gasteiger charge is -1.91. The van der Waals surface area contributed by atoms with E-state index in [9.17, 15) is 0 Å². The minimum Gasteiger partial charge on any atom is -0.252 e. The molecule has 64 valence electrons. The van der Waals surface area contributed by atoms with Crippen LogP contribution in [0.4, 0.5) is 0 Å². The molecule has 1 rings (SSSR count). The van der Waals surface area contributed by atoms with Gasteiger partial charge in [0.25, 0.3) is 0 Å². The maximum atomic E-state index is 4.13. The molecule has 0 aliphatic carbocycles. The van der Waals surface area contributed by atoms with Crippen molar-refractivity contribution in [3.05, 3.63) is 28.8 Å². The smallest absolute Gasteiger partial charge is 0.124 e. The predicted molar refractivity (Wildman–Crippen MR) is 57.2 cm³/mol. The molecule has 0 atom stereocenters. The third kappa shape index (κ3) is 3.36. The Balaban J connectivity index is 2.58. The van der Waals surface area contributed by atoms with Crippen molar-refractivity contribution in [2.45, 2.75) is 6.42 Å². The number of hydrogen-bond donors (Lipinski definition) is 1. The summed E-state index contributed by atoms with van der Waals surface area (Å²) in [6.07, 6.45) is 8.33. The molecule has 0 radical (unpaired) electrons. The van der Waals surface area contributed by atoms with E-state index in [0.29, 0.717) is 0 Å². The molecule has 0 aliphatic heterocycles. The van der Waals surface area contributed by atoms with Crippen LogP contribution in [-0.2, 0) is 0 Å². The second-order valence-electron chi connectivity index (χ2n) is 2.18. The molecule has 0 saturated carbocycles. The number of halogens is 1. The van der Waals surface area contributed by atoms with Crippen LogP contribution in [0.1, 0.15) is 12.1 Å². The van der Waals surface area contributed by atoms with Crippen molar-refractivity contribution in [2.24, 2.45) is 0 Å². The zero-order chi connectivity index (χ0) is 8.81. The first-order valence-electron chi connectivity index (χ1n) is 3.58. The van der Waals surface area contributed by atoms with E-state index < -0.39 is 0 Å². The van der Waals surface area contributed by atoms with Crippen LogP contribution in [0.25, 0.3) is 6.08 Å². The second kappa shape index (κ2) is 5.32. The number of allylic oxidation sites excluding steroid dienone is 1. The highest BCUT2D eigenvalue weighted by Gasteiger charge is 1.88. The molecular weight excluding hydrogens is 236 g/mol. The third-order valence-corrected chi connectivity index (χ3v) is 1.89. The first kappa shape index (κ1) is 9.74. The second-order valence-corrected chi connectivity index (χ2v) is 3.44. The van der Waals surface area contributed by atoms with E-state index in [1.54, 1.807) is 12.4 Å². The SMILES string of the molecule is SCCC=Cc1cnc(Br)cn1. The minimum atomic E-state index is 0.758. The molecule has 1 heterocycles. The lowest BCUT2D eigenvalue weighted by atomic mass is 10.3. The fraction of sp³-hybridized carbons (Fsp3) is 0.250. The zero-order valence-corrected chi connectivity index (χ0v) is 8.92. The van der Waals surface area contributed by atoms with Gasteiger partial charge in [0, 0.05) is 0 Å². The number of thiol groups is 1. The third-order valence-electron chi connectivity index (χ3n) is 1.22. The molecule has 0 aliphatic rings. The van der Waals surface area contributed by atoms with Crippen molar-refractivity contribution in [3.8, 4) is 0 Å². The molecule has 0 bridgehead atoms. The van der Waals surface area contributed by atoms with Gasteiger partial charge in [0.2, 0.25) is 0 Å². The minimum absolute atomic E-state index is 0.758. The van der Waals surface area contributed by atoms with E-state index >= 15 is 0 Å². The fourth-order valence-electron chi connectivity index (χ4n) is 0.687. The van der Waals surface area contributed by atoms with Crippen molar-refractivity contribution in [1.82, 2.24) is 9.97 Å². The van der Waals surface area contributed by atoms with Crippen molar-refractivity contribution in [2.75, 3.05) is 5.75 Å². The Labute approximate surface area is 85.7 Å². The number of hydrogen-bond acceptors (Lipinski definition) is 3. The Kier molecular flexibility index (Phi) is 4.32. The topological polar surface area (TPSA) is 25.8 Å². The highest BCUT2D eigenvalue weighted by molar-refractivity contribution is 9.10. The van der Waals surface area contributed by atoms with Gasteiger partial charge >= 0.3 is 0 Å². The van der Waals surface area contributed by atoms with Crippen LogP contribution in [0.15, 0.2) is 23.1 Å². The van der Waals surface area contributed by atoms with E-state index in [4.69, 9.17) is 0 Å². The monoisotopic (exact) mass is 244 g/mol. The maximum absolute atomic E-state index is 4.13. The summed E-state index contributed by atoms with van der Waals surface area (Å²) in [6.45, 7) is 0. The summed E-state index contributed by atoms with van der Waals surface area (Å²) < 4.78 is 0.758. The molecule has 0 unspecified atom stereocenters. The van der Waals surface area contributed by atoms with Crippen LogP contribution < -0.4 is 0 Å². The summed E-state index contributed by atoms with van der Waals surface area (Å²) in [4.78, 5) is 8.17. The van der Waals surface area contributed by atoms with E-state index in [1.807, 2.05) is 12.2 Å². The lowest BCUT2D eigenvalue weighted by molar-refractivity contribution is 1.14. The largest absolute Gasteiger partial charge is 0.252 e. The maximum Gasteiger partial charge on any atom is 0.124 e. The highest BCUT2D eigenvalue weighted by atomic mass is 79.9. The zero-order valence-electron chi connectivity index (χ0n) is 6.44. The Hall–Kier alpha value is -0.350. The van der Waals surface area contributed by atoms with Gasteiger partial charge in [-0.3, -0.25) is 4.98 Å². The summed E-state index contributed by atoms with van der Waals surface area (Å²) in [6, 6.07) is 0. The molecule has 1 aromatic heterocycles. The quantitative estimate of drug-likeness (QED) is 0.828. The molecule has 0 spiro atoms. The standard InChI is InChI=1S/C8H9BrN2S/c9-8-6-10-7(5-11-8)3-1-2-4-12/h1,3,5-6,12H,2,4H2. The summed E-state index contributed by atoms with van der Waals surface area (Å²) >= 11 is 7.31. The fourth-order valence-corrected chi connectivity index (χ4v) is 1.04. The lowest BCUT2D eigenvalue weighted by Crippen LogP contribution is -1.82. The van der Waals surface area contributed by atoms with E-state index in [2.05, 4.69) is 38.5 Å². The number of rotatable bonds is 3. The highest BCUT2D eigenvalue weighted by Crippen LogP contribution is 2.04. The van der Waals surface area contributed by atoms with E-state index in [1.165, 1.54) is 0 Å². The molecule has 1 aromatic rings. The summed E-state index contributed by atoms with van der Waals surface area (Å²) in [5.74, 6) is 0.862. The molecule has 0 N–H and O–H groups in total. The molecule has 4 heteroatoms. The van der Waals surface area contributed by atoms with E-state index in [0.717, 1.165) is 22.5 Å². The summed E-state index contributed by atoms with van der Waals surface area (Å²) in [5.41, 5.74) is 0.875. The van der Waals surface area contributed by atoms with Crippen LogP contribution in [0.3, 0.4) is 0 Å². The normalized spacial score (nSPS) is 10.8. The molecule has 0 amide bonds. The van der Waals surface area contributed by atoms with Crippen molar-refractivity contribution in [3.63, 3.8) is 0 Å². The Morgan fingerprint density at radius 2 is 2.25 bits per heavy atom. The van der Waals surface area contributed by atoms with Crippen LogP contribution in [0.5, 0.6) is 0 Å². The first-order valence-corrected chi connectivity index (χ1v) is 5.00. The summed E-state index contributed by atoms with van der Waals surface area (Å²) in [7, 11) is 0. The molecule has 2 nitrogen and oxygen atoms in total. The van der Waals surface area contributed by atoms with Gasteiger partial charge in [0.15, 0.2) is 0 Å². The van der Waals surface area contributed by atoms with Crippen LogP contribution in [-0.4, -0.2) is 15.7 Å². The molecule has 12 heavy (non-hydrogen) atoms. The van der Waals surface area contributed by atoms with Gasteiger partial charge in [-0.2, -0.15) is 12.6 Å². The average molecular weight is 245 g/mol. The van der Waals surface area contributed by atoms with Gasteiger partial charge in [0.05, 0.1) is 18.1 Å². The van der Waals surface area contributed by atoms with Crippen LogP contribution in [0, 0.1) is 0 Å². The van der Waals surface area contributed by atoms with Crippen LogP contribution >= 0.6 is 28.6 Å².